The maximum Gasteiger partial charge on any atom is 0.269 e. The molecular formula is C17H17FN2O3. The maximum atomic E-state index is 13.7. The summed E-state index contributed by atoms with van der Waals surface area (Å²) in [7, 11) is 0. The van der Waals surface area contributed by atoms with Crippen LogP contribution in [0.5, 0.6) is 0 Å². The van der Waals surface area contributed by atoms with Gasteiger partial charge < -0.3 is 5.11 Å². The molecule has 0 bridgehead atoms. The van der Waals surface area contributed by atoms with Crippen LogP contribution in [0.25, 0.3) is 0 Å². The van der Waals surface area contributed by atoms with E-state index >= 15 is 0 Å². The van der Waals surface area contributed by atoms with Gasteiger partial charge in [0.15, 0.2) is 0 Å². The number of rotatable bonds is 4. The van der Waals surface area contributed by atoms with Crippen molar-refractivity contribution in [1.29, 1.82) is 0 Å². The van der Waals surface area contributed by atoms with E-state index in [0.717, 1.165) is 24.1 Å². The van der Waals surface area contributed by atoms with Crippen LogP contribution < -0.4 is 0 Å². The minimum Gasteiger partial charge on any atom is -0.387 e. The maximum absolute atomic E-state index is 13.7. The van der Waals surface area contributed by atoms with Gasteiger partial charge in [0.25, 0.3) is 5.69 Å². The van der Waals surface area contributed by atoms with Gasteiger partial charge in [-0.1, -0.05) is 24.3 Å². The molecule has 2 aromatic carbocycles. The Kier molecular flexibility index (Phi) is 4.36. The molecule has 0 saturated carbocycles. The van der Waals surface area contributed by atoms with Crippen LogP contribution in [0.4, 0.5) is 10.1 Å². The minimum absolute atomic E-state index is 0.0697. The number of non-ortho nitro benzene ring substituents is 1. The van der Waals surface area contributed by atoms with Crippen molar-refractivity contribution in [2.45, 2.75) is 19.1 Å². The van der Waals surface area contributed by atoms with Gasteiger partial charge in [-0.05, 0) is 23.6 Å². The summed E-state index contributed by atoms with van der Waals surface area (Å²) >= 11 is 0. The number of fused-ring (bicyclic) bond motifs is 1. The predicted molar refractivity (Wildman–Crippen MR) is 83.4 cm³/mol. The lowest BCUT2D eigenvalue weighted by molar-refractivity contribution is -0.385. The van der Waals surface area contributed by atoms with E-state index in [2.05, 4.69) is 0 Å². The van der Waals surface area contributed by atoms with Gasteiger partial charge >= 0.3 is 0 Å². The third kappa shape index (κ3) is 3.38. The van der Waals surface area contributed by atoms with Crippen LogP contribution in [0.3, 0.4) is 0 Å². The number of halogens is 1. The van der Waals surface area contributed by atoms with Crippen LogP contribution in [0, 0.1) is 15.9 Å². The second kappa shape index (κ2) is 6.44. The Morgan fingerprint density at radius 3 is 2.78 bits per heavy atom. The number of hydrogen-bond donors (Lipinski definition) is 1. The molecule has 1 unspecified atom stereocenters. The number of hydrogen-bond acceptors (Lipinski definition) is 4. The first-order valence-electron chi connectivity index (χ1n) is 7.45. The Labute approximate surface area is 133 Å². The van der Waals surface area contributed by atoms with Crippen molar-refractivity contribution in [1.82, 2.24) is 4.90 Å². The van der Waals surface area contributed by atoms with E-state index < -0.39 is 16.8 Å². The highest BCUT2D eigenvalue weighted by atomic mass is 19.1. The van der Waals surface area contributed by atoms with Crippen molar-refractivity contribution >= 4 is 5.69 Å². The Morgan fingerprint density at radius 1 is 1.26 bits per heavy atom. The first-order chi connectivity index (χ1) is 11.0. The molecule has 23 heavy (non-hydrogen) atoms. The van der Waals surface area contributed by atoms with Crippen LogP contribution in [-0.4, -0.2) is 28.0 Å². The molecule has 0 amide bonds. The average molecular weight is 316 g/mol. The normalized spacial score (nSPS) is 15.9. The summed E-state index contributed by atoms with van der Waals surface area (Å²) in [6, 6.07) is 11.1. The van der Waals surface area contributed by atoms with Crippen molar-refractivity contribution in [3.05, 3.63) is 75.1 Å². The van der Waals surface area contributed by atoms with Gasteiger partial charge in [0.05, 0.1) is 11.0 Å². The molecule has 120 valence electrons. The fraction of sp³-hybridized carbons (Fsp3) is 0.294. The summed E-state index contributed by atoms with van der Waals surface area (Å²) in [5.74, 6) is -0.423. The summed E-state index contributed by atoms with van der Waals surface area (Å²) in [4.78, 5) is 12.5. The fourth-order valence-electron chi connectivity index (χ4n) is 2.96. The zero-order valence-corrected chi connectivity index (χ0v) is 12.5. The molecular weight excluding hydrogens is 299 g/mol. The Bertz CT molecular complexity index is 736. The van der Waals surface area contributed by atoms with Crippen molar-refractivity contribution in [3.63, 3.8) is 0 Å². The topological polar surface area (TPSA) is 66.6 Å². The first kappa shape index (κ1) is 15.6. The number of benzene rings is 2. The summed E-state index contributed by atoms with van der Waals surface area (Å²) in [5.41, 5.74) is 2.33. The standard InChI is InChI=1S/C17H17FN2O3/c18-16-4-2-1-3-15(16)17(21)11-19-8-7-12-5-6-14(20(22)23)9-13(12)10-19/h1-6,9,17,21H,7-8,10-11H2. The van der Waals surface area contributed by atoms with Crippen molar-refractivity contribution < 1.29 is 14.4 Å². The molecule has 0 aromatic heterocycles. The van der Waals surface area contributed by atoms with E-state index in [-0.39, 0.29) is 11.3 Å². The average Bonchev–Trinajstić information content (AvgIpc) is 2.54. The smallest absolute Gasteiger partial charge is 0.269 e. The molecule has 1 heterocycles. The number of nitro benzene ring substituents is 1. The Balaban J connectivity index is 1.73. The van der Waals surface area contributed by atoms with E-state index in [1.807, 2.05) is 4.90 Å². The van der Waals surface area contributed by atoms with E-state index in [1.165, 1.54) is 12.1 Å². The van der Waals surface area contributed by atoms with Crippen LogP contribution in [0.15, 0.2) is 42.5 Å². The lowest BCUT2D eigenvalue weighted by Crippen LogP contribution is -2.34. The molecule has 1 aliphatic heterocycles. The van der Waals surface area contributed by atoms with Gasteiger partial charge in [0, 0.05) is 37.3 Å². The molecule has 0 saturated heterocycles. The zero-order valence-electron chi connectivity index (χ0n) is 12.5. The number of nitrogens with zero attached hydrogens (tertiary/aromatic N) is 2. The van der Waals surface area contributed by atoms with Gasteiger partial charge in [-0.2, -0.15) is 0 Å². The summed E-state index contributed by atoms with van der Waals surface area (Å²) in [6.45, 7) is 1.54. The molecule has 1 N–H and O–H groups in total. The number of β-amino-alcohol motifs (C(OH)–C–C–N with tert-alkyl or cyclic N) is 1. The minimum atomic E-state index is -0.920. The first-order valence-corrected chi connectivity index (χ1v) is 7.45. The molecule has 2 aromatic rings. The largest absolute Gasteiger partial charge is 0.387 e. The lowest BCUT2D eigenvalue weighted by atomic mass is 9.98. The van der Waals surface area contributed by atoms with Crippen LogP contribution >= 0.6 is 0 Å². The molecule has 0 spiro atoms. The van der Waals surface area contributed by atoms with Crippen molar-refractivity contribution in [2.24, 2.45) is 0 Å². The summed E-state index contributed by atoms with van der Waals surface area (Å²) in [6.07, 6.45) is -0.159. The number of aliphatic hydroxyl groups is 1. The highest BCUT2D eigenvalue weighted by Crippen LogP contribution is 2.26. The lowest BCUT2D eigenvalue weighted by Gasteiger charge is -2.30. The van der Waals surface area contributed by atoms with Gasteiger partial charge in [-0.3, -0.25) is 15.0 Å². The second-order valence-corrected chi connectivity index (χ2v) is 5.73. The highest BCUT2D eigenvalue weighted by molar-refractivity contribution is 5.41. The van der Waals surface area contributed by atoms with E-state index in [1.54, 1.807) is 30.3 Å². The molecule has 1 aliphatic rings. The van der Waals surface area contributed by atoms with Gasteiger partial charge in [0.2, 0.25) is 0 Å². The number of aliphatic hydroxyl groups excluding tert-OH is 1. The van der Waals surface area contributed by atoms with Crippen molar-refractivity contribution in [3.8, 4) is 0 Å². The van der Waals surface area contributed by atoms with Crippen LogP contribution in [0.2, 0.25) is 0 Å². The predicted octanol–water partition coefficient (Wildman–Crippen LogP) is 2.83. The molecule has 6 heteroatoms. The molecule has 5 nitrogen and oxygen atoms in total. The van der Waals surface area contributed by atoms with Gasteiger partial charge in [-0.25, -0.2) is 4.39 Å². The van der Waals surface area contributed by atoms with Crippen LogP contribution in [0.1, 0.15) is 22.8 Å². The Hall–Kier alpha value is -2.31. The van der Waals surface area contributed by atoms with E-state index in [4.69, 9.17) is 0 Å². The summed E-state index contributed by atoms with van der Waals surface area (Å²) in [5, 5.41) is 21.1. The zero-order chi connectivity index (χ0) is 16.4. The molecule has 0 fully saturated rings. The quantitative estimate of drug-likeness (QED) is 0.696. The highest BCUT2D eigenvalue weighted by Gasteiger charge is 2.22. The second-order valence-electron chi connectivity index (χ2n) is 5.73. The fourth-order valence-corrected chi connectivity index (χ4v) is 2.96. The van der Waals surface area contributed by atoms with Gasteiger partial charge in [0.1, 0.15) is 5.82 Å². The van der Waals surface area contributed by atoms with Gasteiger partial charge in [-0.15, -0.1) is 0 Å². The monoisotopic (exact) mass is 316 g/mol. The SMILES string of the molecule is O=[N+]([O-])c1ccc2c(c1)CN(CC(O)c1ccccc1F)CC2. The van der Waals surface area contributed by atoms with Crippen molar-refractivity contribution in [2.75, 3.05) is 13.1 Å². The summed E-state index contributed by atoms with van der Waals surface area (Å²) < 4.78 is 13.7. The molecule has 0 aliphatic carbocycles. The molecule has 1 atom stereocenters. The Morgan fingerprint density at radius 2 is 2.04 bits per heavy atom. The van der Waals surface area contributed by atoms with Crippen LogP contribution in [-0.2, 0) is 13.0 Å². The molecule has 0 radical (unpaired) electrons. The third-order valence-electron chi connectivity index (χ3n) is 4.19. The molecule has 3 rings (SSSR count). The third-order valence-corrected chi connectivity index (χ3v) is 4.19. The van der Waals surface area contributed by atoms with E-state index in [9.17, 15) is 19.6 Å². The van der Waals surface area contributed by atoms with E-state index in [0.29, 0.717) is 13.1 Å². The number of nitro groups is 1.